The molecule has 0 aliphatic carbocycles. The Labute approximate surface area is 141 Å². The zero-order valence-electron chi connectivity index (χ0n) is 13.3. The monoisotopic (exact) mass is 338 g/mol. The van der Waals surface area contributed by atoms with Crippen molar-refractivity contribution in [2.45, 2.75) is 25.3 Å². The van der Waals surface area contributed by atoms with Gasteiger partial charge in [0.1, 0.15) is 5.82 Å². The summed E-state index contributed by atoms with van der Waals surface area (Å²) in [5.74, 6) is 1.12. The fraction of sp³-hybridized carbons (Fsp3) is 0.500. The number of hydrogen-bond donors (Lipinski definition) is 1. The molecule has 1 fully saturated rings. The zero-order valence-corrected chi connectivity index (χ0v) is 14.1. The van der Waals surface area contributed by atoms with E-state index in [0.717, 1.165) is 37.4 Å². The summed E-state index contributed by atoms with van der Waals surface area (Å²) in [4.78, 5) is 12.7. The van der Waals surface area contributed by atoms with E-state index in [1.165, 1.54) is 4.68 Å². The Hall–Kier alpha value is -1.63. The molecule has 2 heterocycles. The van der Waals surface area contributed by atoms with Crippen molar-refractivity contribution in [2.75, 3.05) is 26.8 Å². The number of para-hydroxylation sites is 1. The average Bonchev–Trinajstić information content (AvgIpc) is 2.91. The second kappa shape index (κ2) is 8.29. The molecule has 1 N–H and O–H groups in total. The zero-order chi connectivity index (χ0) is 15.4. The summed E-state index contributed by atoms with van der Waals surface area (Å²) < 4.78 is 8.34. The van der Waals surface area contributed by atoms with Crippen LogP contribution >= 0.6 is 12.4 Å². The van der Waals surface area contributed by atoms with E-state index < -0.39 is 0 Å². The van der Waals surface area contributed by atoms with Crippen molar-refractivity contribution in [3.63, 3.8) is 0 Å². The van der Waals surface area contributed by atoms with Crippen LogP contribution in [0.3, 0.4) is 0 Å². The molecule has 1 atom stereocenters. The molecule has 23 heavy (non-hydrogen) atoms. The predicted octanol–water partition coefficient (Wildman–Crippen LogP) is 1.57. The third-order valence-corrected chi connectivity index (χ3v) is 4.05. The van der Waals surface area contributed by atoms with E-state index in [4.69, 9.17) is 4.74 Å². The summed E-state index contributed by atoms with van der Waals surface area (Å²) in [6.07, 6.45) is 2.17. The molecular formula is C16H23ClN4O2. The number of nitrogens with one attached hydrogen (secondary N) is 1. The minimum atomic E-state index is -0.0937. The number of halogens is 1. The van der Waals surface area contributed by atoms with Crippen LogP contribution in [0.25, 0.3) is 5.69 Å². The summed E-state index contributed by atoms with van der Waals surface area (Å²) in [6, 6.07) is 9.73. The highest BCUT2D eigenvalue weighted by molar-refractivity contribution is 5.85. The SMILES string of the molecule is COCCn1nc(C2CCCNC2)n(-c2ccccc2)c1=O.Cl. The number of rotatable bonds is 5. The number of hydrogen-bond acceptors (Lipinski definition) is 4. The number of piperidine rings is 1. The Kier molecular flexibility index (Phi) is 6.38. The van der Waals surface area contributed by atoms with Crippen molar-refractivity contribution in [1.29, 1.82) is 0 Å². The lowest BCUT2D eigenvalue weighted by Gasteiger charge is -2.22. The molecule has 126 valence electrons. The fourth-order valence-electron chi connectivity index (χ4n) is 2.90. The topological polar surface area (TPSA) is 61.1 Å². The van der Waals surface area contributed by atoms with Crippen LogP contribution in [0.5, 0.6) is 0 Å². The summed E-state index contributed by atoms with van der Waals surface area (Å²) in [5, 5.41) is 7.99. The summed E-state index contributed by atoms with van der Waals surface area (Å²) in [5.41, 5.74) is 0.778. The second-order valence-electron chi connectivity index (χ2n) is 5.57. The van der Waals surface area contributed by atoms with Gasteiger partial charge in [-0.3, -0.25) is 0 Å². The van der Waals surface area contributed by atoms with E-state index >= 15 is 0 Å². The molecule has 7 heteroatoms. The van der Waals surface area contributed by atoms with E-state index in [-0.39, 0.29) is 24.0 Å². The molecule has 2 aromatic rings. The Bertz CT molecular complexity index is 662. The van der Waals surface area contributed by atoms with Crippen molar-refractivity contribution < 1.29 is 4.74 Å². The van der Waals surface area contributed by atoms with Crippen LogP contribution in [-0.4, -0.2) is 41.2 Å². The maximum absolute atomic E-state index is 12.7. The molecule has 1 aromatic carbocycles. The lowest BCUT2D eigenvalue weighted by Crippen LogP contribution is -2.31. The first kappa shape index (κ1) is 17.7. The largest absolute Gasteiger partial charge is 0.383 e. The van der Waals surface area contributed by atoms with Gasteiger partial charge in [0.15, 0.2) is 0 Å². The van der Waals surface area contributed by atoms with Crippen molar-refractivity contribution in [2.24, 2.45) is 0 Å². The third-order valence-electron chi connectivity index (χ3n) is 4.05. The van der Waals surface area contributed by atoms with Gasteiger partial charge in [-0.15, -0.1) is 12.4 Å². The van der Waals surface area contributed by atoms with Gasteiger partial charge in [0.05, 0.1) is 18.8 Å². The molecule has 0 saturated carbocycles. The van der Waals surface area contributed by atoms with E-state index in [9.17, 15) is 4.79 Å². The van der Waals surface area contributed by atoms with Crippen LogP contribution in [0.4, 0.5) is 0 Å². The fourth-order valence-corrected chi connectivity index (χ4v) is 2.90. The van der Waals surface area contributed by atoms with Crippen molar-refractivity contribution >= 4 is 12.4 Å². The maximum Gasteiger partial charge on any atom is 0.350 e. The Balaban J connectivity index is 0.00000192. The van der Waals surface area contributed by atoms with Crippen LogP contribution in [0.1, 0.15) is 24.6 Å². The number of benzene rings is 1. The first-order valence-electron chi connectivity index (χ1n) is 7.76. The summed E-state index contributed by atoms with van der Waals surface area (Å²) in [6.45, 7) is 2.86. The number of ether oxygens (including phenoxy) is 1. The van der Waals surface area contributed by atoms with Gasteiger partial charge in [-0.2, -0.15) is 5.10 Å². The highest BCUT2D eigenvalue weighted by atomic mass is 35.5. The van der Waals surface area contributed by atoms with Gasteiger partial charge in [0, 0.05) is 19.6 Å². The first-order valence-corrected chi connectivity index (χ1v) is 7.76. The molecule has 0 radical (unpaired) electrons. The van der Waals surface area contributed by atoms with Crippen LogP contribution in [0, 0.1) is 0 Å². The second-order valence-corrected chi connectivity index (χ2v) is 5.57. The van der Waals surface area contributed by atoms with E-state index in [1.54, 1.807) is 11.7 Å². The van der Waals surface area contributed by atoms with Gasteiger partial charge in [0.25, 0.3) is 0 Å². The molecular weight excluding hydrogens is 316 g/mol. The lowest BCUT2D eigenvalue weighted by molar-refractivity contribution is 0.182. The van der Waals surface area contributed by atoms with Gasteiger partial charge in [-0.25, -0.2) is 14.0 Å². The molecule has 1 aromatic heterocycles. The van der Waals surface area contributed by atoms with Crippen molar-refractivity contribution in [3.05, 3.63) is 46.6 Å². The standard InChI is InChI=1S/C16H22N4O2.ClH/c1-22-11-10-19-16(21)20(14-7-3-2-4-8-14)15(18-19)13-6-5-9-17-12-13;/h2-4,7-8,13,17H,5-6,9-12H2,1H3;1H. The highest BCUT2D eigenvalue weighted by Gasteiger charge is 2.24. The van der Waals surface area contributed by atoms with Gasteiger partial charge >= 0.3 is 5.69 Å². The summed E-state index contributed by atoms with van der Waals surface area (Å²) >= 11 is 0. The minimum absolute atomic E-state index is 0. The van der Waals surface area contributed by atoms with Gasteiger partial charge < -0.3 is 10.1 Å². The maximum atomic E-state index is 12.7. The quantitative estimate of drug-likeness (QED) is 0.899. The van der Waals surface area contributed by atoms with Crippen molar-refractivity contribution in [3.8, 4) is 5.69 Å². The van der Waals surface area contributed by atoms with Gasteiger partial charge in [-0.1, -0.05) is 18.2 Å². The average molecular weight is 339 g/mol. The first-order chi connectivity index (χ1) is 10.8. The molecule has 3 rings (SSSR count). The minimum Gasteiger partial charge on any atom is -0.383 e. The highest BCUT2D eigenvalue weighted by Crippen LogP contribution is 2.22. The lowest BCUT2D eigenvalue weighted by atomic mass is 9.99. The number of methoxy groups -OCH3 is 1. The third kappa shape index (κ3) is 3.83. The molecule has 0 bridgehead atoms. The molecule has 0 amide bonds. The predicted molar refractivity (Wildman–Crippen MR) is 91.8 cm³/mol. The van der Waals surface area contributed by atoms with E-state index in [1.807, 2.05) is 30.3 Å². The van der Waals surface area contributed by atoms with Gasteiger partial charge in [0.2, 0.25) is 0 Å². The van der Waals surface area contributed by atoms with E-state index in [2.05, 4.69) is 10.4 Å². The van der Waals surface area contributed by atoms with Crippen LogP contribution < -0.4 is 11.0 Å². The molecule has 1 aliphatic heterocycles. The molecule has 1 unspecified atom stereocenters. The number of nitrogens with zero attached hydrogens (tertiary/aromatic N) is 3. The van der Waals surface area contributed by atoms with Crippen LogP contribution in [-0.2, 0) is 11.3 Å². The van der Waals surface area contributed by atoms with Crippen molar-refractivity contribution in [1.82, 2.24) is 19.7 Å². The Morgan fingerprint density at radius 2 is 2.13 bits per heavy atom. The number of aromatic nitrogens is 3. The molecule has 6 nitrogen and oxygen atoms in total. The molecule has 1 aliphatic rings. The van der Waals surface area contributed by atoms with Crippen LogP contribution in [0.2, 0.25) is 0 Å². The smallest absolute Gasteiger partial charge is 0.350 e. The van der Waals surface area contributed by atoms with Gasteiger partial charge in [-0.05, 0) is 31.5 Å². The Morgan fingerprint density at radius 1 is 1.35 bits per heavy atom. The summed E-state index contributed by atoms with van der Waals surface area (Å²) in [7, 11) is 1.63. The van der Waals surface area contributed by atoms with Crippen LogP contribution in [0.15, 0.2) is 35.1 Å². The molecule has 0 spiro atoms. The normalized spacial score (nSPS) is 17.7. The van der Waals surface area contributed by atoms with E-state index in [0.29, 0.717) is 13.2 Å². The molecule has 1 saturated heterocycles. The Morgan fingerprint density at radius 3 is 2.78 bits per heavy atom.